The Labute approximate surface area is 115 Å². The lowest BCUT2D eigenvalue weighted by molar-refractivity contribution is -0.121. The SMILES string of the molecule is COc1ccc(C)c(/C=C/C=C/C(=O)C(C)(C)C)c1. The molecule has 2 nitrogen and oxygen atoms in total. The van der Waals surface area contributed by atoms with Crippen LogP contribution in [0, 0.1) is 12.3 Å². The van der Waals surface area contributed by atoms with Gasteiger partial charge in [0.05, 0.1) is 7.11 Å². The summed E-state index contributed by atoms with van der Waals surface area (Å²) in [4.78, 5) is 11.7. The van der Waals surface area contributed by atoms with E-state index in [0.717, 1.165) is 11.3 Å². The summed E-state index contributed by atoms with van der Waals surface area (Å²) in [6.45, 7) is 7.78. The van der Waals surface area contributed by atoms with Gasteiger partial charge in [0.1, 0.15) is 5.75 Å². The number of ether oxygens (including phenoxy) is 1. The number of aryl methyl sites for hydroxylation is 1. The fraction of sp³-hybridized carbons (Fsp3) is 0.353. The van der Waals surface area contributed by atoms with Gasteiger partial charge in [0.2, 0.25) is 0 Å². The molecule has 0 bridgehead atoms. The van der Waals surface area contributed by atoms with Crippen LogP contribution in [0.15, 0.2) is 36.4 Å². The molecule has 0 aliphatic heterocycles. The van der Waals surface area contributed by atoms with E-state index >= 15 is 0 Å². The predicted molar refractivity (Wildman–Crippen MR) is 80.4 cm³/mol. The maximum absolute atomic E-state index is 11.7. The minimum absolute atomic E-state index is 0.125. The van der Waals surface area contributed by atoms with Gasteiger partial charge < -0.3 is 4.74 Å². The molecule has 0 saturated heterocycles. The molecule has 0 aromatic heterocycles. The van der Waals surface area contributed by atoms with E-state index in [1.807, 2.05) is 58.0 Å². The number of hydrogen-bond donors (Lipinski definition) is 0. The number of carbonyl (C=O) groups is 1. The van der Waals surface area contributed by atoms with Crippen LogP contribution in [0.3, 0.4) is 0 Å². The van der Waals surface area contributed by atoms with E-state index in [1.54, 1.807) is 19.3 Å². The number of benzene rings is 1. The summed E-state index contributed by atoms with van der Waals surface area (Å²) >= 11 is 0. The lowest BCUT2D eigenvalue weighted by Gasteiger charge is -2.12. The van der Waals surface area contributed by atoms with Gasteiger partial charge >= 0.3 is 0 Å². The third kappa shape index (κ3) is 4.74. The summed E-state index contributed by atoms with van der Waals surface area (Å²) in [5.41, 5.74) is 1.94. The molecule has 0 heterocycles. The summed E-state index contributed by atoms with van der Waals surface area (Å²) in [5, 5.41) is 0. The number of rotatable bonds is 4. The molecule has 1 aromatic carbocycles. The molecule has 0 radical (unpaired) electrons. The minimum atomic E-state index is -0.323. The number of hydrogen-bond acceptors (Lipinski definition) is 2. The predicted octanol–water partition coefficient (Wildman–Crippen LogP) is 4.19. The molecular formula is C17H22O2. The first-order valence-electron chi connectivity index (χ1n) is 6.38. The topological polar surface area (TPSA) is 26.3 Å². The molecule has 2 heteroatoms. The summed E-state index contributed by atoms with van der Waals surface area (Å²) in [6, 6.07) is 5.93. The van der Waals surface area contributed by atoms with Crippen molar-refractivity contribution in [1.82, 2.24) is 0 Å². The number of carbonyl (C=O) groups excluding carboxylic acids is 1. The second-order valence-electron chi connectivity index (χ2n) is 5.56. The van der Waals surface area contributed by atoms with Crippen molar-refractivity contribution in [2.24, 2.45) is 5.41 Å². The highest BCUT2D eigenvalue weighted by Crippen LogP contribution is 2.18. The first kappa shape index (κ1) is 15.2. The van der Waals surface area contributed by atoms with Crippen molar-refractivity contribution in [1.29, 1.82) is 0 Å². The van der Waals surface area contributed by atoms with Crippen LogP contribution >= 0.6 is 0 Å². The van der Waals surface area contributed by atoms with Crippen LogP contribution in [0.4, 0.5) is 0 Å². The average Bonchev–Trinajstić information content (AvgIpc) is 2.35. The van der Waals surface area contributed by atoms with Gasteiger partial charge in [0.15, 0.2) is 5.78 Å². The van der Waals surface area contributed by atoms with E-state index in [9.17, 15) is 4.79 Å². The Bertz CT molecular complexity index is 502. The molecule has 0 unspecified atom stereocenters. The van der Waals surface area contributed by atoms with Gasteiger partial charge in [-0.2, -0.15) is 0 Å². The zero-order chi connectivity index (χ0) is 14.5. The Kier molecular flexibility index (Phi) is 5.11. The van der Waals surface area contributed by atoms with Crippen molar-refractivity contribution in [3.8, 4) is 5.75 Å². The molecule has 0 fully saturated rings. The van der Waals surface area contributed by atoms with Gasteiger partial charge in [-0.15, -0.1) is 0 Å². The summed E-state index contributed by atoms with van der Waals surface area (Å²) < 4.78 is 5.19. The van der Waals surface area contributed by atoms with E-state index in [4.69, 9.17) is 4.74 Å². The molecule has 0 amide bonds. The fourth-order valence-corrected chi connectivity index (χ4v) is 1.48. The zero-order valence-electron chi connectivity index (χ0n) is 12.4. The van der Waals surface area contributed by atoms with E-state index in [0.29, 0.717) is 0 Å². The Morgan fingerprint density at radius 1 is 1.21 bits per heavy atom. The zero-order valence-corrected chi connectivity index (χ0v) is 12.4. The van der Waals surface area contributed by atoms with Gasteiger partial charge in [0.25, 0.3) is 0 Å². The van der Waals surface area contributed by atoms with E-state index < -0.39 is 0 Å². The molecule has 1 rings (SSSR count). The van der Waals surface area contributed by atoms with E-state index in [1.165, 1.54) is 5.56 Å². The molecule has 102 valence electrons. The lowest BCUT2D eigenvalue weighted by Crippen LogP contribution is -2.17. The van der Waals surface area contributed by atoms with Crippen molar-refractivity contribution in [2.75, 3.05) is 7.11 Å². The van der Waals surface area contributed by atoms with Crippen LogP contribution in [0.1, 0.15) is 31.9 Å². The monoisotopic (exact) mass is 258 g/mol. The number of allylic oxidation sites excluding steroid dienone is 3. The molecule has 0 N–H and O–H groups in total. The van der Waals surface area contributed by atoms with Crippen molar-refractivity contribution >= 4 is 11.9 Å². The van der Waals surface area contributed by atoms with Crippen molar-refractivity contribution in [3.05, 3.63) is 47.6 Å². The highest BCUT2D eigenvalue weighted by Gasteiger charge is 2.17. The summed E-state index contributed by atoms with van der Waals surface area (Å²) in [7, 11) is 1.65. The fourth-order valence-electron chi connectivity index (χ4n) is 1.48. The molecule has 1 aromatic rings. The Balaban J connectivity index is 2.78. The summed E-state index contributed by atoms with van der Waals surface area (Å²) in [6.07, 6.45) is 7.26. The standard InChI is InChI=1S/C17H22O2/c1-13-10-11-15(19-5)12-14(13)8-6-7-9-16(18)17(2,3)4/h6-12H,1-5H3/b8-6+,9-7+. The third-order valence-electron chi connectivity index (χ3n) is 2.86. The maximum Gasteiger partial charge on any atom is 0.160 e. The largest absolute Gasteiger partial charge is 0.497 e. The second kappa shape index (κ2) is 6.37. The summed E-state index contributed by atoms with van der Waals surface area (Å²) in [5.74, 6) is 0.958. The Morgan fingerprint density at radius 3 is 2.47 bits per heavy atom. The normalized spacial score (nSPS) is 12.3. The van der Waals surface area contributed by atoms with E-state index in [2.05, 4.69) is 0 Å². The second-order valence-corrected chi connectivity index (χ2v) is 5.56. The van der Waals surface area contributed by atoms with Crippen molar-refractivity contribution in [3.63, 3.8) is 0 Å². The number of methoxy groups -OCH3 is 1. The van der Waals surface area contributed by atoms with Gasteiger partial charge in [-0.3, -0.25) is 4.79 Å². The molecule has 0 spiro atoms. The first-order valence-corrected chi connectivity index (χ1v) is 6.38. The minimum Gasteiger partial charge on any atom is -0.497 e. The van der Waals surface area contributed by atoms with Crippen LogP contribution in [-0.2, 0) is 4.79 Å². The van der Waals surface area contributed by atoms with Crippen LogP contribution in [0.2, 0.25) is 0 Å². The third-order valence-corrected chi connectivity index (χ3v) is 2.86. The molecule has 0 atom stereocenters. The Morgan fingerprint density at radius 2 is 1.89 bits per heavy atom. The van der Waals surface area contributed by atoms with Gasteiger partial charge in [-0.25, -0.2) is 0 Å². The lowest BCUT2D eigenvalue weighted by atomic mass is 9.91. The quantitative estimate of drug-likeness (QED) is 0.598. The molecular weight excluding hydrogens is 236 g/mol. The van der Waals surface area contributed by atoms with E-state index in [-0.39, 0.29) is 11.2 Å². The van der Waals surface area contributed by atoms with Gasteiger partial charge in [-0.05, 0) is 36.3 Å². The number of ketones is 1. The maximum atomic E-state index is 11.7. The van der Waals surface area contributed by atoms with Crippen LogP contribution < -0.4 is 4.74 Å². The average molecular weight is 258 g/mol. The molecule has 19 heavy (non-hydrogen) atoms. The van der Waals surface area contributed by atoms with Crippen molar-refractivity contribution < 1.29 is 9.53 Å². The van der Waals surface area contributed by atoms with Gasteiger partial charge in [0, 0.05) is 5.41 Å². The van der Waals surface area contributed by atoms with Crippen LogP contribution in [0.25, 0.3) is 6.08 Å². The highest BCUT2D eigenvalue weighted by atomic mass is 16.5. The van der Waals surface area contributed by atoms with Crippen LogP contribution in [-0.4, -0.2) is 12.9 Å². The Hall–Kier alpha value is -1.83. The van der Waals surface area contributed by atoms with Gasteiger partial charge in [-0.1, -0.05) is 45.1 Å². The van der Waals surface area contributed by atoms with Crippen molar-refractivity contribution in [2.45, 2.75) is 27.7 Å². The molecule has 0 saturated carbocycles. The molecule has 0 aliphatic rings. The molecule has 0 aliphatic carbocycles. The first-order chi connectivity index (χ1) is 8.84. The van der Waals surface area contributed by atoms with Crippen LogP contribution in [0.5, 0.6) is 5.75 Å². The smallest absolute Gasteiger partial charge is 0.160 e. The highest BCUT2D eigenvalue weighted by molar-refractivity contribution is 5.94.